The Labute approximate surface area is 138 Å². The van der Waals surface area contributed by atoms with Crippen LogP contribution < -0.4 is 14.8 Å². The molecule has 6 heteroatoms. The summed E-state index contributed by atoms with van der Waals surface area (Å²) in [5, 5.41) is 13.1. The van der Waals surface area contributed by atoms with Crippen LogP contribution in [0.1, 0.15) is 10.6 Å². The van der Waals surface area contributed by atoms with Crippen molar-refractivity contribution in [2.75, 3.05) is 12.4 Å². The van der Waals surface area contributed by atoms with E-state index >= 15 is 0 Å². The van der Waals surface area contributed by atoms with Gasteiger partial charge in [0.1, 0.15) is 18.1 Å². The van der Waals surface area contributed by atoms with Gasteiger partial charge in [0.15, 0.2) is 5.01 Å². The molecule has 2 aromatic carbocycles. The van der Waals surface area contributed by atoms with E-state index in [-0.39, 0.29) is 0 Å². The maximum absolute atomic E-state index is 5.68. The number of para-hydroxylation sites is 1. The third-order valence-corrected chi connectivity index (χ3v) is 3.98. The Hall–Kier alpha value is -2.60. The monoisotopic (exact) mass is 327 g/mol. The molecule has 0 unspecified atom stereocenters. The van der Waals surface area contributed by atoms with E-state index in [0.29, 0.717) is 11.7 Å². The summed E-state index contributed by atoms with van der Waals surface area (Å²) in [6, 6.07) is 15.6. The fourth-order valence-corrected chi connectivity index (χ4v) is 2.72. The number of hydrogen-bond donors (Lipinski definition) is 1. The van der Waals surface area contributed by atoms with Crippen LogP contribution in [0.15, 0.2) is 48.5 Å². The highest BCUT2D eigenvalue weighted by Crippen LogP contribution is 2.30. The van der Waals surface area contributed by atoms with Crippen molar-refractivity contribution in [1.29, 1.82) is 0 Å². The second-order valence-corrected chi connectivity index (χ2v) is 5.99. The molecule has 1 N–H and O–H groups in total. The number of benzene rings is 2. The summed E-state index contributed by atoms with van der Waals surface area (Å²) in [5.74, 6) is 1.59. The minimum atomic E-state index is 0.397. The summed E-state index contributed by atoms with van der Waals surface area (Å²) < 4.78 is 11.0. The Kier molecular flexibility index (Phi) is 4.73. The fourth-order valence-electron chi connectivity index (χ4n) is 2.06. The Morgan fingerprint density at radius 3 is 2.70 bits per heavy atom. The van der Waals surface area contributed by atoms with Gasteiger partial charge < -0.3 is 14.8 Å². The van der Waals surface area contributed by atoms with E-state index in [2.05, 4.69) is 15.5 Å². The van der Waals surface area contributed by atoms with Gasteiger partial charge in [0.05, 0.1) is 12.8 Å². The van der Waals surface area contributed by atoms with Gasteiger partial charge in [0, 0.05) is 0 Å². The van der Waals surface area contributed by atoms with E-state index in [1.165, 1.54) is 11.3 Å². The molecule has 0 aliphatic heterocycles. The number of rotatable bonds is 6. The van der Waals surface area contributed by atoms with E-state index < -0.39 is 0 Å². The lowest BCUT2D eigenvalue weighted by Gasteiger charge is -2.09. The smallest absolute Gasteiger partial charge is 0.210 e. The van der Waals surface area contributed by atoms with Gasteiger partial charge in [-0.05, 0) is 36.8 Å². The van der Waals surface area contributed by atoms with Gasteiger partial charge in [-0.15, -0.1) is 10.2 Å². The molecule has 0 spiro atoms. The van der Waals surface area contributed by atoms with Crippen LogP contribution in [-0.2, 0) is 6.61 Å². The van der Waals surface area contributed by atoms with Crippen molar-refractivity contribution < 1.29 is 9.47 Å². The molecule has 1 heterocycles. The van der Waals surface area contributed by atoms with Crippen LogP contribution in [0.3, 0.4) is 0 Å². The van der Waals surface area contributed by atoms with Gasteiger partial charge in [0.2, 0.25) is 5.13 Å². The van der Waals surface area contributed by atoms with Crippen LogP contribution in [0.25, 0.3) is 0 Å². The summed E-state index contributed by atoms with van der Waals surface area (Å²) >= 11 is 1.46. The summed E-state index contributed by atoms with van der Waals surface area (Å²) in [4.78, 5) is 0. The number of aromatic nitrogens is 2. The number of hydrogen-bond acceptors (Lipinski definition) is 6. The Bertz CT molecular complexity index is 775. The van der Waals surface area contributed by atoms with E-state index in [1.807, 2.05) is 55.5 Å². The van der Waals surface area contributed by atoms with E-state index in [0.717, 1.165) is 27.8 Å². The zero-order valence-corrected chi connectivity index (χ0v) is 13.8. The van der Waals surface area contributed by atoms with E-state index in [4.69, 9.17) is 9.47 Å². The van der Waals surface area contributed by atoms with Gasteiger partial charge >= 0.3 is 0 Å². The molecule has 23 heavy (non-hydrogen) atoms. The maximum Gasteiger partial charge on any atom is 0.210 e. The van der Waals surface area contributed by atoms with Crippen LogP contribution in [-0.4, -0.2) is 17.3 Å². The van der Waals surface area contributed by atoms with Crippen LogP contribution >= 0.6 is 11.3 Å². The van der Waals surface area contributed by atoms with Crippen molar-refractivity contribution in [3.05, 3.63) is 59.1 Å². The van der Waals surface area contributed by atoms with Gasteiger partial charge in [-0.2, -0.15) is 0 Å². The molecule has 0 fully saturated rings. The topological polar surface area (TPSA) is 56.3 Å². The molecule has 0 aliphatic rings. The Morgan fingerprint density at radius 1 is 1.09 bits per heavy atom. The molecule has 0 aliphatic carbocycles. The molecule has 5 nitrogen and oxygen atoms in total. The fraction of sp³-hybridized carbons (Fsp3) is 0.176. The Balaban J connectivity index is 1.66. The predicted molar refractivity (Wildman–Crippen MR) is 91.7 cm³/mol. The summed E-state index contributed by atoms with van der Waals surface area (Å²) in [7, 11) is 1.65. The molecule has 0 saturated carbocycles. The van der Waals surface area contributed by atoms with Gasteiger partial charge in [-0.3, -0.25) is 0 Å². The van der Waals surface area contributed by atoms with Crippen molar-refractivity contribution in [3.63, 3.8) is 0 Å². The van der Waals surface area contributed by atoms with Crippen LogP contribution in [0.2, 0.25) is 0 Å². The van der Waals surface area contributed by atoms with E-state index in [9.17, 15) is 0 Å². The van der Waals surface area contributed by atoms with Crippen LogP contribution in [0, 0.1) is 6.92 Å². The first-order valence-corrected chi connectivity index (χ1v) is 7.98. The zero-order chi connectivity index (χ0) is 16.1. The van der Waals surface area contributed by atoms with Crippen molar-refractivity contribution in [2.24, 2.45) is 0 Å². The van der Waals surface area contributed by atoms with Gasteiger partial charge in [0.25, 0.3) is 0 Å². The molecular weight excluding hydrogens is 310 g/mol. The molecule has 3 rings (SSSR count). The molecule has 118 valence electrons. The molecule has 0 radical (unpaired) electrons. The number of aryl methyl sites for hydroxylation is 1. The molecule has 1 aromatic heterocycles. The first-order valence-electron chi connectivity index (χ1n) is 7.16. The average molecular weight is 327 g/mol. The molecule has 0 amide bonds. The first kappa shape index (κ1) is 15.3. The lowest BCUT2D eigenvalue weighted by Crippen LogP contribution is -1.94. The van der Waals surface area contributed by atoms with Crippen LogP contribution in [0.4, 0.5) is 10.8 Å². The normalized spacial score (nSPS) is 10.3. The summed E-state index contributed by atoms with van der Waals surface area (Å²) in [6.45, 7) is 2.43. The van der Waals surface area contributed by atoms with Crippen LogP contribution in [0.5, 0.6) is 11.5 Å². The molecule has 0 atom stereocenters. The highest BCUT2D eigenvalue weighted by molar-refractivity contribution is 7.15. The predicted octanol–water partition coefficient (Wildman–Crippen LogP) is 4.18. The quantitative estimate of drug-likeness (QED) is 0.736. The number of nitrogens with one attached hydrogen (secondary N) is 1. The van der Waals surface area contributed by atoms with E-state index in [1.54, 1.807) is 7.11 Å². The van der Waals surface area contributed by atoms with Gasteiger partial charge in [-0.1, -0.05) is 35.6 Å². The van der Waals surface area contributed by atoms with Crippen molar-refractivity contribution >= 4 is 22.2 Å². The highest BCUT2D eigenvalue weighted by Gasteiger charge is 2.09. The lowest BCUT2D eigenvalue weighted by atomic mass is 10.2. The Morgan fingerprint density at radius 2 is 1.91 bits per heavy atom. The first-order chi connectivity index (χ1) is 11.2. The minimum absolute atomic E-state index is 0.397. The highest BCUT2D eigenvalue weighted by atomic mass is 32.1. The average Bonchev–Trinajstić information content (AvgIpc) is 3.02. The second kappa shape index (κ2) is 7.11. The minimum Gasteiger partial charge on any atom is -0.495 e. The van der Waals surface area contributed by atoms with Crippen molar-refractivity contribution in [2.45, 2.75) is 13.5 Å². The number of nitrogens with zero attached hydrogens (tertiary/aromatic N) is 2. The zero-order valence-electron chi connectivity index (χ0n) is 12.9. The molecule has 0 saturated heterocycles. The lowest BCUT2D eigenvalue weighted by molar-refractivity contribution is 0.304. The second-order valence-electron chi connectivity index (χ2n) is 4.93. The third-order valence-electron chi connectivity index (χ3n) is 3.17. The molecule has 3 aromatic rings. The summed E-state index contributed by atoms with van der Waals surface area (Å²) in [5.41, 5.74) is 2.02. The van der Waals surface area contributed by atoms with Crippen molar-refractivity contribution in [3.8, 4) is 11.5 Å². The third kappa shape index (κ3) is 3.98. The molecule has 0 bridgehead atoms. The van der Waals surface area contributed by atoms with Crippen molar-refractivity contribution in [1.82, 2.24) is 10.2 Å². The number of ether oxygens (including phenoxy) is 2. The maximum atomic E-state index is 5.68. The number of methoxy groups -OCH3 is 1. The SMILES string of the molecule is COc1ccc(C)cc1Nc1nnc(COc2ccccc2)s1. The number of anilines is 2. The largest absolute Gasteiger partial charge is 0.495 e. The summed E-state index contributed by atoms with van der Waals surface area (Å²) in [6.07, 6.45) is 0. The molecular formula is C17H17N3O2S. The standard InChI is InChI=1S/C17H17N3O2S/c1-12-8-9-15(21-2)14(10-12)18-17-20-19-16(23-17)11-22-13-6-4-3-5-7-13/h3-10H,11H2,1-2H3,(H,18,20). The van der Waals surface area contributed by atoms with Gasteiger partial charge in [-0.25, -0.2) is 0 Å².